The van der Waals surface area contributed by atoms with E-state index in [0.29, 0.717) is 39.7 Å². The Kier molecular flexibility index (Phi) is 4.04. The number of aromatic amines is 1. The molecule has 4 rings (SSSR count). The zero-order valence-corrected chi connectivity index (χ0v) is 15.1. The fourth-order valence-corrected chi connectivity index (χ4v) is 3.20. The molecule has 10 heteroatoms. The molecule has 4 heterocycles. The summed E-state index contributed by atoms with van der Waals surface area (Å²) in [6.07, 6.45) is 7.83. The van der Waals surface area contributed by atoms with Gasteiger partial charge < -0.3 is 4.98 Å². The Hall–Kier alpha value is -2.62. The number of nitrogens with one attached hydrogen (secondary N) is 1. The summed E-state index contributed by atoms with van der Waals surface area (Å²) in [5, 5.41) is 8.41. The third-order valence-electron chi connectivity index (χ3n) is 3.99. The van der Waals surface area contributed by atoms with E-state index in [-0.39, 0.29) is 5.56 Å². The van der Waals surface area contributed by atoms with Crippen LogP contribution in [0.4, 0.5) is 0 Å². The summed E-state index contributed by atoms with van der Waals surface area (Å²) in [6.45, 7) is 2.84. The molecule has 4 aromatic rings. The summed E-state index contributed by atoms with van der Waals surface area (Å²) in [6, 6.07) is 0. The molecule has 1 N–H and O–H groups in total. The molecule has 0 saturated carbocycles. The smallest absolute Gasteiger partial charge is 0.286 e. The Morgan fingerprint density at radius 3 is 2.88 bits per heavy atom. The van der Waals surface area contributed by atoms with E-state index in [4.69, 9.17) is 0 Å². The van der Waals surface area contributed by atoms with Crippen LogP contribution in [0, 0.1) is 0 Å². The number of H-pyrrole nitrogens is 1. The lowest BCUT2D eigenvalue weighted by atomic mass is 10.2. The van der Waals surface area contributed by atoms with Gasteiger partial charge in [0.25, 0.3) is 5.56 Å². The third kappa shape index (κ3) is 2.62. The first-order valence-corrected chi connectivity index (χ1v) is 8.79. The molecule has 0 radical (unpaired) electrons. The predicted octanol–water partition coefficient (Wildman–Crippen LogP) is 2.18. The van der Waals surface area contributed by atoms with Crippen LogP contribution in [0.5, 0.6) is 0 Å². The molecule has 0 amide bonds. The van der Waals surface area contributed by atoms with Crippen LogP contribution in [-0.2, 0) is 6.54 Å². The van der Waals surface area contributed by atoms with Crippen LogP contribution in [-0.4, -0.2) is 39.1 Å². The van der Waals surface area contributed by atoms with Crippen molar-refractivity contribution in [1.29, 1.82) is 0 Å². The van der Waals surface area contributed by atoms with E-state index in [0.717, 1.165) is 19.3 Å². The highest BCUT2D eigenvalue weighted by atomic mass is 79.9. The number of hydrogen-bond donors (Lipinski definition) is 1. The number of hydrogen-bond acceptors (Lipinski definition) is 6. The van der Waals surface area contributed by atoms with E-state index >= 15 is 0 Å². The van der Waals surface area contributed by atoms with Crippen molar-refractivity contribution in [2.24, 2.45) is 0 Å². The Morgan fingerprint density at radius 2 is 2.12 bits per heavy atom. The van der Waals surface area contributed by atoms with Crippen molar-refractivity contribution in [1.82, 2.24) is 39.1 Å². The third-order valence-corrected chi connectivity index (χ3v) is 4.37. The predicted molar refractivity (Wildman–Crippen MR) is 95.1 cm³/mol. The molecule has 128 valence electrons. The van der Waals surface area contributed by atoms with Crippen LogP contribution in [0.2, 0.25) is 0 Å². The molecule has 4 aromatic heterocycles. The van der Waals surface area contributed by atoms with E-state index in [9.17, 15) is 4.79 Å². The second kappa shape index (κ2) is 6.36. The van der Waals surface area contributed by atoms with Gasteiger partial charge in [-0.25, -0.2) is 14.4 Å². The number of rotatable bonds is 5. The van der Waals surface area contributed by atoms with Gasteiger partial charge in [-0.05, 0) is 22.4 Å². The molecular formula is C15H15BrN8O. The average molecular weight is 403 g/mol. The summed E-state index contributed by atoms with van der Waals surface area (Å²) < 4.78 is 3.88. The molecule has 0 aliphatic carbocycles. The van der Waals surface area contributed by atoms with Gasteiger partial charge in [0, 0.05) is 18.9 Å². The number of aryl methyl sites for hydroxylation is 1. The molecule has 0 aromatic carbocycles. The van der Waals surface area contributed by atoms with Crippen LogP contribution in [0.25, 0.3) is 28.5 Å². The Balaban J connectivity index is 2.02. The number of imidazole rings is 1. The van der Waals surface area contributed by atoms with Crippen molar-refractivity contribution < 1.29 is 0 Å². The largest absolute Gasteiger partial charge is 0.327 e. The lowest BCUT2D eigenvalue weighted by Crippen LogP contribution is -2.20. The maximum Gasteiger partial charge on any atom is 0.286 e. The normalized spacial score (nSPS) is 11.6. The lowest BCUT2D eigenvalue weighted by Gasteiger charge is -2.09. The fraction of sp³-hybridized carbons (Fsp3) is 0.333. The molecule has 25 heavy (non-hydrogen) atoms. The van der Waals surface area contributed by atoms with Crippen LogP contribution >= 0.6 is 15.9 Å². The summed E-state index contributed by atoms with van der Waals surface area (Å²) >= 11 is 3.31. The summed E-state index contributed by atoms with van der Waals surface area (Å²) in [4.78, 5) is 28.6. The highest BCUT2D eigenvalue weighted by Crippen LogP contribution is 2.19. The van der Waals surface area contributed by atoms with Crippen LogP contribution < -0.4 is 5.56 Å². The second-order valence-corrected chi connectivity index (χ2v) is 6.39. The molecule has 9 nitrogen and oxygen atoms in total. The van der Waals surface area contributed by atoms with Crippen molar-refractivity contribution in [3.8, 4) is 11.5 Å². The molecule has 0 fully saturated rings. The maximum absolute atomic E-state index is 13.0. The highest BCUT2D eigenvalue weighted by Gasteiger charge is 2.20. The standard InChI is InChI=1S/C15H15BrN8O/c1-2-3-4-7-23-12-10(19-14(16)20-12)13(25)24-11(21-22-15(23)24)9-8-17-5-6-18-9/h5-6,8H,2-4,7H2,1H3,(H,19,20). The maximum atomic E-state index is 13.0. The van der Waals surface area contributed by atoms with Crippen molar-refractivity contribution >= 4 is 32.9 Å². The fourth-order valence-electron chi connectivity index (χ4n) is 2.83. The average Bonchev–Trinajstić information content (AvgIpc) is 3.23. The van der Waals surface area contributed by atoms with Crippen molar-refractivity contribution in [2.75, 3.05) is 0 Å². The van der Waals surface area contributed by atoms with E-state index in [2.05, 4.69) is 53.0 Å². The van der Waals surface area contributed by atoms with E-state index < -0.39 is 0 Å². The first-order valence-electron chi connectivity index (χ1n) is 8.00. The monoisotopic (exact) mass is 402 g/mol. The van der Waals surface area contributed by atoms with Gasteiger partial charge in [-0.15, -0.1) is 10.2 Å². The van der Waals surface area contributed by atoms with E-state index in [1.807, 2.05) is 4.57 Å². The number of nitrogens with zero attached hydrogens (tertiary/aromatic N) is 7. The Labute approximate surface area is 150 Å². The minimum atomic E-state index is -0.263. The quantitative estimate of drug-likeness (QED) is 0.404. The molecule has 0 saturated heterocycles. The zero-order valence-electron chi connectivity index (χ0n) is 13.5. The molecule has 0 aliphatic heterocycles. The molecule has 0 unspecified atom stereocenters. The summed E-state index contributed by atoms with van der Waals surface area (Å²) in [5.41, 5.74) is 1.20. The minimum Gasteiger partial charge on any atom is -0.327 e. The summed E-state index contributed by atoms with van der Waals surface area (Å²) in [5.74, 6) is 0.818. The minimum absolute atomic E-state index is 0.263. The van der Waals surface area contributed by atoms with E-state index in [1.54, 1.807) is 18.6 Å². The van der Waals surface area contributed by atoms with Crippen molar-refractivity contribution in [3.05, 3.63) is 33.7 Å². The number of fused-ring (bicyclic) bond motifs is 2. The van der Waals surface area contributed by atoms with Gasteiger partial charge in [-0.1, -0.05) is 19.8 Å². The topological polar surface area (TPSA) is 107 Å². The number of unbranched alkanes of at least 4 members (excludes halogenated alkanes) is 2. The van der Waals surface area contributed by atoms with Crippen molar-refractivity contribution in [3.63, 3.8) is 0 Å². The van der Waals surface area contributed by atoms with Gasteiger partial charge in [0.05, 0.1) is 6.20 Å². The van der Waals surface area contributed by atoms with Gasteiger partial charge in [0.2, 0.25) is 5.78 Å². The first kappa shape index (κ1) is 15.9. The van der Waals surface area contributed by atoms with E-state index in [1.165, 1.54) is 4.40 Å². The van der Waals surface area contributed by atoms with Gasteiger partial charge >= 0.3 is 0 Å². The highest BCUT2D eigenvalue weighted by molar-refractivity contribution is 9.10. The van der Waals surface area contributed by atoms with Gasteiger partial charge in [0.1, 0.15) is 5.69 Å². The number of aromatic nitrogens is 8. The molecule has 0 aliphatic rings. The SMILES string of the molecule is CCCCCn1c2nc(Br)[nH]c2c(=O)n2c(-c3cnccn3)nnc12. The lowest BCUT2D eigenvalue weighted by molar-refractivity contribution is 0.612. The summed E-state index contributed by atoms with van der Waals surface area (Å²) in [7, 11) is 0. The van der Waals surface area contributed by atoms with Gasteiger partial charge in [0.15, 0.2) is 21.7 Å². The van der Waals surface area contributed by atoms with Crippen molar-refractivity contribution in [2.45, 2.75) is 32.7 Å². The second-order valence-electron chi connectivity index (χ2n) is 5.64. The molecule has 0 spiro atoms. The molecular weight excluding hydrogens is 388 g/mol. The van der Waals surface area contributed by atoms with Crippen LogP contribution in [0.15, 0.2) is 28.1 Å². The number of halogens is 1. The zero-order chi connectivity index (χ0) is 17.4. The van der Waals surface area contributed by atoms with Gasteiger partial charge in [-0.2, -0.15) is 0 Å². The Morgan fingerprint density at radius 1 is 1.24 bits per heavy atom. The van der Waals surface area contributed by atoms with Gasteiger partial charge in [-0.3, -0.25) is 14.3 Å². The first-order chi connectivity index (χ1) is 12.2. The Bertz CT molecular complexity index is 1100. The van der Waals surface area contributed by atoms with Crippen LogP contribution in [0.1, 0.15) is 26.2 Å². The van der Waals surface area contributed by atoms with Crippen LogP contribution in [0.3, 0.4) is 0 Å². The molecule has 0 bridgehead atoms. The molecule has 0 atom stereocenters.